The summed E-state index contributed by atoms with van der Waals surface area (Å²) in [5.41, 5.74) is 0. The molecule has 0 aromatic heterocycles. The van der Waals surface area contributed by atoms with Crippen LogP contribution in [0.4, 0.5) is 0 Å². The molecular formula is C12H17Br2NO2S. The van der Waals surface area contributed by atoms with Crippen molar-refractivity contribution in [2.24, 2.45) is 0 Å². The molecule has 0 heterocycles. The van der Waals surface area contributed by atoms with Crippen molar-refractivity contribution in [2.75, 3.05) is 13.6 Å². The van der Waals surface area contributed by atoms with Gasteiger partial charge in [0.2, 0.25) is 10.0 Å². The highest BCUT2D eigenvalue weighted by Crippen LogP contribution is 2.27. The molecule has 0 saturated heterocycles. The number of unbranched alkanes of at least 4 members (excludes halogenated alkanes) is 2. The van der Waals surface area contributed by atoms with Gasteiger partial charge in [0.1, 0.15) is 0 Å². The van der Waals surface area contributed by atoms with Crippen LogP contribution in [0.2, 0.25) is 0 Å². The van der Waals surface area contributed by atoms with Gasteiger partial charge in [0, 0.05) is 22.5 Å². The minimum absolute atomic E-state index is 0.310. The maximum atomic E-state index is 12.3. The van der Waals surface area contributed by atoms with Gasteiger partial charge in [0.15, 0.2) is 0 Å². The summed E-state index contributed by atoms with van der Waals surface area (Å²) in [6.45, 7) is 2.65. The molecule has 0 spiro atoms. The number of rotatable bonds is 6. The fourth-order valence-corrected chi connectivity index (χ4v) is 4.47. The Bertz CT molecular complexity index is 503. The molecule has 0 N–H and O–H groups in total. The zero-order valence-electron chi connectivity index (χ0n) is 10.5. The molecule has 1 rings (SSSR count). The monoisotopic (exact) mass is 397 g/mol. The van der Waals surface area contributed by atoms with Gasteiger partial charge in [0.05, 0.1) is 4.90 Å². The number of sulfonamides is 1. The summed E-state index contributed by atoms with van der Waals surface area (Å²) in [6.07, 6.45) is 3.01. The van der Waals surface area contributed by atoms with Crippen LogP contribution in [-0.2, 0) is 10.0 Å². The molecular weight excluding hydrogens is 382 g/mol. The maximum Gasteiger partial charge on any atom is 0.243 e. The molecule has 0 fully saturated rings. The van der Waals surface area contributed by atoms with Crippen LogP contribution < -0.4 is 0 Å². The van der Waals surface area contributed by atoms with E-state index in [1.54, 1.807) is 25.2 Å². The Kier molecular flexibility index (Phi) is 6.30. The van der Waals surface area contributed by atoms with Crippen molar-refractivity contribution in [3.8, 4) is 0 Å². The number of hydrogen-bond acceptors (Lipinski definition) is 2. The van der Waals surface area contributed by atoms with Gasteiger partial charge >= 0.3 is 0 Å². The largest absolute Gasteiger partial charge is 0.243 e. The van der Waals surface area contributed by atoms with E-state index in [1.165, 1.54) is 4.31 Å². The van der Waals surface area contributed by atoms with Crippen molar-refractivity contribution in [1.29, 1.82) is 0 Å². The zero-order valence-corrected chi connectivity index (χ0v) is 14.5. The van der Waals surface area contributed by atoms with Crippen LogP contribution in [0.25, 0.3) is 0 Å². The second-order valence-corrected chi connectivity index (χ2v) is 7.89. The van der Waals surface area contributed by atoms with Crippen LogP contribution in [0, 0.1) is 0 Å². The summed E-state index contributed by atoms with van der Waals surface area (Å²) in [5.74, 6) is 0. The Labute approximate surface area is 126 Å². The Morgan fingerprint density at radius 2 is 1.89 bits per heavy atom. The van der Waals surface area contributed by atoms with E-state index in [4.69, 9.17) is 0 Å². The van der Waals surface area contributed by atoms with Gasteiger partial charge in [0.25, 0.3) is 0 Å². The molecule has 102 valence electrons. The van der Waals surface area contributed by atoms with Crippen LogP contribution >= 0.6 is 31.9 Å². The molecule has 3 nitrogen and oxygen atoms in total. The highest BCUT2D eigenvalue weighted by molar-refractivity contribution is 9.11. The molecule has 6 heteroatoms. The molecule has 18 heavy (non-hydrogen) atoms. The van der Waals surface area contributed by atoms with Crippen molar-refractivity contribution in [2.45, 2.75) is 31.1 Å². The fourth-order valence-electron chi connectivity index (χ4n) is 1.56. The van der Waals surface area contributed by atoms with Gasteiger partial charge < -0.3 is 0 Å². The standard InChI is InChI=1S/C12H17Br2NO2S/c1-3-4-5-8-15(2)18(16,17)12-7-6-10(13)9-11(12)14/h6-7,9H,3-5,8H2,1-2H3. The van der Waals surface area contributed by atoms with Crippen LogP contribution in [0.5, 0.6) is 0 Å². The van der Waals surface area contributed by atoms with E-state index in [0.717, 1.165) is 23.7 Å². The zero-order chi connectivity index (χ0) is 13.8. The molecule has 0 bridgehead atoms. The summed E-state index contributed by atoms with van der Waals surface area (Å²) >= 11 is 6.61. The van der Waals surface area contributed by atoms with Crippen molar-refractivity contribution in [3.63, 3.8) is 0 Å². The predicted octanol–water partition coefficient (Wildman–Crippen LogP) is 4.02. The Balaban J connectivity index is 2.91. The van der Waals surface area contributed by atoms with Gasteiger partial charge in [-0.05, 0) is 40.5 Å². The lowest BCUT2D eigenvalue weighted by atomic mass is 10.2. The summed E-state index contributed by atoms with van der Waals surface area (Å²) in [4.78, 5) is 0.310. The molecule has 0 atom stereocenters. The number of hydrogen-bond donors (Lipinski definition) is 0. The van der Waals surface area contributed by atoms with Gasteiger partial charge in [-0.1, -0.05) is 35.7 Å². The number of benzene rings is 1. The highest BCUT2D eigenvalue weighted by atomic mass is 79.9. The predicted molar refractivity (Wildman–Crippen MR) is 81.2 cm³/mol. The minimum Gasteiger partial charge on any atom is -0.207 e. The second kappa shape index (κ2) is 7.03. The molecule has 0 amide bonds. The molecule has 0 aliphatic heterocycles. The smallest absolute Gasteiger partial charge is 0.207 e. The lowest BCUT2D eigenvalue weighted by Gasteiger charge is -2.18. The molecule has 0 saturated carbocycles. The quantitative estimate of drug-likeness (QED) is 0.678. The average Bonchev–Trinajstić information content (AvgIpc) is 2.28. The molecule has 0 aliphatic rings. The Morgan fingerprint density at radius 3 is 2.44 bits per heavy atom. The van der Waals surface area contributed by atoms with Crippen LogP contribution in [0.3, 0.4) is 0 Å². The Hall–Kier alpha value is 0.0900. The third kappa shape index (κ3) is 4.05. The first-order valence-electron chi connectivity index (χ1n) is 5.81. The fraction of sp³-hybridized carbons (Fsp3) is 0.500. The van der Waals surface area contributed by atoms with E-state index >= 15 is 0 Å². The van der Waals surface area contributed by atoms with Crippen molar-refractivity contribution >= 4 is 41.9 Å². The van der Waals surface area contributed by atoms with Crippen molar-refractivity contribution in [3.05, 3.63) is 27.1 Å². The topological polar surface area (TPSA) is 37.4 Å². The lowest BCUT2D eigenvalue weighted by molar-refractivity contribution is 0.454. The van der Waals surface area contributed by atoms with E-state index < -0.39 is 10.0 Å². The van der Waals surface area contributed by atoms with E-state index in [-0.39, 0.29) is 0 Å². The molecule has 1 aromatic carbocycles. The van der Waals surface area contributed by atoms with E-state index in [9.17, 15) is 8.42 Å². The summed E-state index contributed by atoms with van der Waals surface area (Å²) in [5, 5.41) is 0. The Morgan fingerprint density at radius 1 is 1.22 bits per heavy atom. The average molecular weight is 399 g/mol. The highest BCUT2D eigenvalue weighted by Gasteiger charge is 2.22. The third-order valence-corrected chi connectivity index (χ3v) is 5.99. The number of halogens is 2. The van der Waals surface area contributed by atoms with E-state index in [1.807, 2.05) is 0 Å². The van der Waals surface area contributed by atoms with Crippen molar-refractivity contribution < 1.29 is 8.42 Å². The third-order valence-electron chi connectivity index (χ3n) is 2.66. The van der Waals surface area contributed by atoms with E-state index in [0.29, 0.717) is 15.9 Å². The van der Waals surface area contributed by atoms with E-state index in [2.05, 4.69) is 38.8 Å². The van der Waals surface area contributed by atoms with Gasteiger partial charge in [-0.2, -0.15) is 0 Å². The van der Waals surface area contributed by atoms with Crippen LogP contribution in [0.1, 0.15) is 26.2 Å². The first kappa shape index (κ1) is 16.1. The minimum atomic E-state index is -3.40. The van der Waals surface area contributed by atoms with Gasteiger partial charge in [-0.15, -0.1) is 0 Å². The number of nitrogens with zero attached hydrogens (tertiary/aromatic N) is 1. The first-order valence-corrected chi connectivity index (χ1v) is 8.83. The summed E-state index contributed by atoms with van der Waals surface area (Å²) in [7, 11) is -1.78. The molecule has 0 aliphatic carbocycles. The normalized spacial score (nSPS) is 12.1. The summed E-state index contributed by atoms with van der Waals surface area (Å²) < 4.78 is 27.5. The SMILES string of the molecule is CCCCCN(C)S(=O)(=O)c1ccc(Br)cc1Br. The lowest BCUT2D eigenvalue weighted by Crippen LogP contribution is -2.28. The summed E-state index contributed by atoms with van der Waals surface area (Å²) in [6, 6.07) is 5.09. The van der Waals surface area contributed by atoms with Crippen molar-refractivity contribution in [1.82, 2.24) is 4.31 Å². The second-order valence-electron chi connectivity index (χ2n) is 4.11. The van der Waals surface area contributed by atoms with Crippen LogP contribution in [0.15, 0.2) is 32.0 Å². The molecule has 1 aromatic rings. The maximum absolute atomic E-state index is 12.3. The first-order chi connectivity index (χ1) is 8.39. The molecule has 0 radical (unpaired) electrons. The van der Waals surface area contributed by atoms with Gasteiger partial charge in [-0.25, -0.2) is 12.7 Å². The van der Waals surface area contributed by atoms with Gasteiger partial charge in [-0.3, -0.25) is 0 Å². The van der Waals surface area contributed by atoms with Crippen LogP contribution in [-0.4, -0.2) is 26.3 Å². The molecule has 0 unspecified atom stereocenters.